The zero-order chi connectivity index (χ0) is 14.8. The van der Waals surface area contributed by atoms with Crippen molar-refractivity contribution >= 4 is 0 Å². The Labute approximate surface area is 126 Å². The summed E-state index contributed by atoms with van der Waals surface area (Å²) in [6, 6.07) is 1.50. The molecule has 0 aromatic carbocycles. The Bertz CT molecular complexity index is 297. The Morgan fingerprint density at radius 3 is 2.25 bits per heavy atom. The van der Waals surface area contributed by atoms with Crippen LogP contribution in [-0.4, -0.2) is 24.2 Å². The van der Waals surface area contributed by atoms with Crippen LogP contribution in [0.4, 0.5) is 0 Å². The van der Waals surface area contributed by atoms with Gasteiger partial charge in [-0.15, -0.1) is 0 Å². The Morgan fingerprint density at radius 1 is 0.950 bits per heavy atom. The highest BCUT2D eigenvalue weighted by molar-refractivity contribution is 4.95. The van der Waals surface area contributed by atoms with Crippen LogP contribution in [0.15, 0.2) is 0 Å². The van der Waals surface area contributed by atoms with E-state index < -0.39 is 0 Å². The van der Waals surface area contributed by atoms with Crippen molar-refractivity contribution in [2.24, 2.45) is 11.3 Å². The summed E-state index contributed by atoms with van der Waals surface area (Å²) >= 11 is 0. The second kappa shape index (κ2) is 6.36. The van der Waals surface area contributed by atoms with Crippen molar-refractivity contribution < 1.29 is 0 Å². The first-order valence-electron chi connectivity index (χ1n) is 8.78. The van der Waals surface area contributed by atoms with Crippen LogP contribution in [0.3, 0.4) is 0 Å². The van der Waals surface area contributed by atoms with Gasteiger partial charge < -0.3 is 10.6 Å². The quantitative estimate of drug-likeness (QED) is 0.810. The van der Waals surface area contributed by atoms with Gasteiger partial charge in [0.25, 0.3) is 0 Å². The third kappa shape index (κ3) is 4.73. The van der Waals surface area contributed by atoms with E-state index in [1.54, 1.807) is 0 Å². The lowest BCUT2D eigenvalue weighted by atomic mass is 9.76. The van der Waals surface area contributed by atoms with E-state index in [4.69, 9.17) is 0 Å². The minimum absolute atomic E-state index is 0.247. The molecule has 1 saturated carbocycles. The molecule has 2 nitrogen and oxygen atoms in total. The molecule has 1 saturated heterocycles. The van der Waals surface area contributed by atoms with Crippen LogP contribution in [0.2, 0.25) is 0 Å². The van der Waals surface area contributed by atoms with Crippen molar-refractivity contribution in [1.82, 2.24) is 10.6 Å². The van der Waals surface area contributed by atoms with Gasteiger partial charge in [-0.3, -0.25) is 0 Å². The maximum Gasteiger partial charge on any atom is 0.0132 e. The first-order chi connectivity index (χ1) is 9.27. The number of hydrogen-bond acceptors (Lipinski definition) is 2. The normalized spacial score (nSPS) is 32.5. The molecule has 1 heterocycles. The lowest BCUT2D eigenvalue weighted by Crippen LogP contribution is -2.54. The van der Waals surface area contributed by atoms with Gasteiger partial charge in [0.2, 0.25) is 0 Å². The number of rotatable bonds is 4. The summed E-state index contributed by atoms with van der Waals surface area (Å²) in [4.78, 5) is 0. The average molecular weight is 280 g/mol. The summed E-state index contributed by atoms with van der Waals surface area (Å²) < 4.78 is 0. The Balaban J connectivity index is 1.97. The molecule has 0 amide bonds. The van der Waals surface area contributed by atoms with Gasteiger partial charge >= 0.3 is 0 Å². The fourth-order valence-electron chi connectivity index (χ4n) is 4.78. The molecule has 0 spiro atoms. The Hall–Kier alpha value is -0.0800. The molecule has 20 heavy (non-hydrogen) atoms. The fourth-order valence-corrected chi connectivity index (χ4v) is 4.78. The third-order valence-corrected chi connectivity index (χ3v) is 4.98. The Morgan fingerprint density at radius 2 is 1.65 bits per heavy atom. The summed E-state index contributed by atoms with van der Waals surface area (Å²) in [5.41, 5.74) is 0.642. The topological polar surface area (TPSA) is 24.1 Å². The van der Waals surface area contributed by atoms with E-state index in [1.807, 2.05) is 0 Å². The first kappa shape index (κ1) is 16.3. The lowest BCUT2D eigenvalue weighted by molar-refractivity contribution is 0.150. The second-order valence-corrected chi connectivity index (χ2v) is 9.02. The molecule has 3 atom stereocenters. The van der Waals surface area contributed by atoms with Crippen molar-refractivity contribution in [3.63, 3.8) is 0 Å². The molecule has 2 N–H and O–H groups in total. The first-order valence-corrected chi connectivity index (χ1v) is 8.78. The van der Waals surface area contributed by atoms with E-state index in [2.05, 4.69) is 45.3 Å². The van der Waals surface area contributed by atoms with Crippen LogP contribution in [0.1, 0.15) is 79.6 Å². The predicted molar refractivity (Wildman–Crippen MR) is 88.1 cm³/mol. The lowest BCUT2D eigenvalue weighted by Gasteiger charge is -2.43. The predicted octanol–water partition coefficient (Wildman–Crippen LogP) is 4.10. The third-order valence-electron chi connectivity index (χ3n) is 4.98. The van der Waals surface area contributed by atoms with E-state index in [9.17, 15) is 0 Å². The molecule has 2 aliphatic rings. The summed E-state index contributed by atoms with van der Waals surface area (Å²) in [6.07, 6.45) is 9.63. The molecule has 2 rings (SSSR count). The highest BCUT2D eigenvalue weighted by atomic mass is 15.0. The molecule has 1 aliphatic heterocycles. The highest BCUT2D eigenvalue weighted by Crippen LogP contribution is 2.34. The van der Waals surface area contributed by atoms with Crippen LogP contribution in [-0.2, 0) is 0 Å². The van der Waals surface area contributed by atoms with Crippen molar-refractivity contribution in [3.8, 4) is 0 Å². The van der Waals surface area contributed by atoms with E-state index >= 15 is 0 Å². The van der Waals surface area contributed by atoms with Gasteiger partial charge in [0.05, 0.1) is 0 Å². The summed E-state index contributed by atoms with van der Waals surface area (Å²) in [7, 11) is 0. The molecule has 3 unspecified atom stereocenters. The van der Waals surface area contributed by atoms with Crippen molar-refractivity contribution in [3.05, 3.63) is 0 Å². The van der Waals surface area contributed by atoms with Crippen molar-refractivity contribution in [2.75, 3.05) is 6.54 Å². The maximum absolute atomic E-state index is 4.04. The summed E-state index contributed by atoms with van der Waals surface area (Å²) in [6.45, 7) is 13.1. The number of hydrogen-bond donors (Lipinski definition) is 2. The van der Waals surface area contributed by atoms with Crippen LogP contribution in [0.5, 0.6) is 0 Å². The average Bonchev–Trinajstić information content (AvgIpc) is 2.78. The zero-order valence-corrected chi connectivity index (χ0v) is 14.4. The van der Waals surface area contributed by atoms with E-state index in [-0.39, 0.29) is 5.54 Å². The minimum atomic E-state index is 0.247. The van der Waals surface area contributed by atoms with E-state index in [0.29, 0.717) is 5.41 Å². The molecule has 2 fully saturated rings. The van der Waals surface area contributed by atoms with Gasteiger partial charge in [0.15, 0.2) is 0 Å². The zero-order valence-electron chi connectivity index (χ0n) is 14.4. The standard InChI is InChI=1S/C18H36N2/c1-17(2,3)13-18(4,5)20-16-10-7-6-9-14(16)15-11-8-12-19-15/h14-16,19-20H,6-13H2,1-5H3. The smallest absolute Gasteiger partial charge is 0.0132 e. The molecule has 1 aliphatic carbocycles. The SMILES string of the molecule is CC(C)(C)CC(C)(C)NC1CCCCC1C1CCCN1. The molecule has 2 heteroatoms. The van der Waals surface area contributed by atoms with Crippen LogP contribution >= 0.6 is 0 Å². The second-order valence-electron chi connectivity index (χ2n) is 9.02. The van der Waals surface area contributed by atoms with Gasteiger partial charge in [-0.2, -0.15) is 0 Å². The molecule has 0 aromatic heterocycles. The molecular weight excluding hydrogens is 244 g/mol. The largest absolute Gasteiger partial charge is 0.314 e. The van der Waals surface area contributed by atoms with Crippen molar-refractivity contribution in [1.29, 1.82) is 0 Å². The molecule has 118 valence electrons. The van der Waals surface area contributed by atoms with E-state index in [1.165, 1.54) is 51.5 Å². The van der Waals surface area contributed by atoms with Gasteiger partial charge in [-0.05, 0) is 63.8 Å². The summed E-state index contributed by atoms with van der Waals surface area (Å²) in [5.74, 6) is 0.852. The highest BCUT2D eigenvalue weighted by Gasteiger charge is 2.36. The van der Waals surface area contributed by atoms with Gasteiger partial charge in [0.1, 0.15) is 0 Å². The van der Waals surface area contributed by atoms with Gasteiger partial charge in [-0.1, -0.05) is 33.6 Å². The van der Waals surface area contributed by atoms with Gasteiger partial charge in [-0.25, -0.2) is 0 Å². The maximum atomic E-state index is 4.04. The van der Waals surface area contributed by atoms with Crippen LogP contribution in [0.25, 0.3) is 0 Å². The molecule has 0 aromatic rings. The van der Waals surface area contributed by atoms with Crippen molar-refractivity contribution in [2.45, 2.75) is 97.2 Å². The van der Waals surface area contributed by atoms with Crippen LogP contribution in [0, 0.1) is 11.3 Å². The fraction of sp³-hybridized carbons (Fsp3) is 1.00. The number of nitrogens with one attached hydrogen (secondary N) is 2. The minimum Gasteiger partial charge on any atom is -0.314 e. The van der Waals surface area contributed by atoms with Crippen LogP contribution < -0.4 is 10.6 Å². The van der Waals surface area contributed by atoms with Gasteiger partial charge in [0, 0.05) is 17.6 Å². The Kier molecular flexibility index (Phi) is 5.18. The molecule has 0 bridgehead atoms. The molecule has 0 radical (unpaired) electrons. The monoisotopic (exact) mass is 280 g/mol. The molecular formula is C18H36N2. The van der Waals surface area contributed by atoms with E-state index in [0.717, 1.165) is 18.0 Å². The summed E-state index contributed by atoms with van der Waals surface area (Å²) in [5, 5.41) is 7.79.